The largest absolute Gasteiger partial charge is 0.390 e. The molecule has 1 saturated heterocycles. The molecule has 0 aromatic rings. The summed E-state index contributed by atoms with van der Waals surface area (Å²) in [7, 11) is 0. The van der Waals surface area contributed by atoms with Gasteiger partial charge in [-0.3, -0.25) is 4.79 Å². The summed E-state index contributed by atoms with van der Waals surface area (Å²) < 4.78 is 0. The van der Waals surface area contributed by atoms with E-state index < -0.39 is 5.60 Å². The summed E-state index contributed by atoms with van der Waals surface area (Å²) in [4.78, 5) is 14.2. The number of carbonyl (C=O) groups is 1. The zero-order valence-corrected chi connectivity index (χ0v) is 14.9. The molecule has 0 aromatic heterocycles. The molecule has 0 bridgehead atoms. The molecule has 1 aliphatic rings. The van der Waals surface area contributed by atoms with E-state index in [1.165, 1.54) is 25.7 Å². The summed E-state index contributed by atoms with van der Waals surface area (Å²) in [5.74, 6) is 0.432. The van der Waals surface area contributed by atoms with Crippen LogP contribution in [-0.4, -0.2) is 41.0 Å². The van der Waals surface area contributed by atoms with Gasteiger partial charge in [-0.1, -0.05) is 46.0 Å². The highest BCUT2D eigenvalue weighted by Crippen LogP contribution is 2.27. The molecule has 0 radical (unpaired) electrons. The number of hydrogen-bond acceptors (Lipinski definition) is 3. The Morgan fingerprint density at radius 3 is 2.18 bits per heavy atom. The summed E-state index contributed by atoms with van der Waals surface area (Å²) >= 11 is 0. The van der Waals surface area contributed by atoms with Crippen LogP contribution in [0, 0.1) is 0 Å². The number of hydrogen-bond donors (Lipinski definition) is 1. The molecule has 1 N–H and O–H groups in total. The molecule has 130 valence electrons. The fourth-order valence-corrected chi connectivity index (χ4v) is 3.34. The number of rotatable bonds is 12. The number of aliphatic hydroxyl groups is 1. The SMILES string of the molecule is CCCCCC(=O)CCCN1CCC(O)(CCCCC)CC1. The number of unbranched alkanes of at least 4 members (excludes halogenated alkanes) is 4. The Morgan fingerprint density at radius 2 is 1.55 bits per heavy atom. The predicted octanol–water partition coefficient (Wildman–Crippen LogP) is 4.32. The third-order valence-corrected chi connectivity index (χ3v) is 5.02. The van der Waals surface area contributed by atoms with E-state index in [2.05, 4.69) is 18.7 Å². The zero-order valence-electron chi connectivity index (χ0n) is 14.9. The molecule has 1 heterocycles. The molecular weight excluding hydrogens is 274 g/mol. The van der Waals surface area contributed by atoms with Crippen molar-refractivity contribution in [2.24, 2.45) is 0 Å². The van der Waals surface area contributed by atoms with Gasteiger partial charge >= 0.3 is 0 Å². The minimum atomic E-state index is -0.415. The van der Waals surface area contributed by atoms with E-state index in [9.17, 15) is 9.90 Å². The first kappa shape index (κ1) is 19.6. The number of ketones is 1. The highest BCUT2D eigenvalue weighted by molar-refractivity contribution is 5.78. The molecule has 0 aromatic carbocycles. The van der Waals surface area contributed by atoms with Gasteiger partial charge in [-0.15, -0.1) is 0 Å². The lowest BCUT2D eigenvalue weighted by Crippen LogP contribution is -2.44. The van der Waals surface area contributed by atoms with E-state index in [4.69, 9.17) is 0 Å². The Morgan fingerprint density at radius 1 is 0.955 bits per heavy atom. The van der Waals surface area contributed by atoms with Crippen LogP contribution in [-0.2, 0) is 4.79 Å². The van der Waals surface area contributed by atoms with Gasteiger partial charge in [0.1, 0.15) is 5.78 Å². The van der Waals surface area contributed by atoms with Crippen LogP contribution in [0.4, 0.5) is 0 Å². The molecule has 0 saturated carbocycles. The predicted molar refractivity (Wildman–Crippen MR) is 93.1 cm³/mol. The Labute approximate surface area is 137 Å². The van der Waals surface area contributed by atoms with Crippen molar-refractivity contribution >= 4 is 5.78 Å². The first-order valence-corrected chi connectivity index (χ1v) is 9.56. The summed E-state index contributed by atoms with van der Waals surface area (Å²) in [5, 5.41) is 10.6. The smallest absolute Gasteiger partial charge is 0.132 e. The topological polar surface area (TPSA) is 40.5 Å². The van der Waals surface area contributed by atoms with Crippen LogP contribution in [0.25, 0.3) is 0 Å². The quantitative estimate of drug-likeness (QED) is 0.546. The number of carbonyl (C=O) groups excluding carboxylic acids is 1. The van der Waals surface area contributed by atoms with E-state index in [1.54, 1.807) is 0 Å². The maximum absolute atomic E-state index is 11.8. The lowest BCUT2D eigenvalue weighted by Gasteiger charge is -2.38. The maximum Gasteiger partial charge on any atom is 0.132 e. The summed E-state index contributed by atoms with van der Waals surface area (Å²) in [6.45, 7) is 7.38. The van der Waals surface area contributed by atoms with Crippen molar-refractivity contribution in [3.8, 4) is 0 Å². The van der Waals surface area contributed by atoms with E-state index in [-0.39, 0.29) is 0 Å². The fraction of sp³-hybridized carbons (Fsp3) is 0.947. The second-order valence-electron chi connectivity index (χ2n) is 7.12. The average Bonchev–Trinajstić information content (AvgIpc) is 2.50. The Balaban J connectivity index is 2.08. The van der Waals surface area contributed by atoms with Crippen molar-refractivity contribution in [1.82, 2.24) is 4.90 Å². The van der Waals surface area contributed by atoms with Gasteiger partial charge in [0, 0.05) is 25.9 Å². The molecule has 0 spiro atoms. The molecule has 3 nitrogen and oxygen atoms in total. The van der Waals surface area contributed by atoms with Crippen LogP contribution >= 0.6 is 0 Å². The number of nitrogens with zero attached hydrogens (tertiary/aromatic N) is 1. The van der Waals surface area contributed by atoms with Gasteiger partial charge < -0.3 is 10.0 Å². The first-order chi connectivity index (χ1) is 10.6. The third-order valence-electron chi connectivity index (χ3n) is 5.02. The summed E-state index contributed by atoms with van der Waals surface area (Å²) in [6.07, 6.45) is 12.3. The van der Waals surface area contributed by atoms with Gasteiger partial charge in [-0.25, -0.2) is 0 Å². The summed E-state index contributed by atoms with van der Waals surface area (Å²) in [6, 6.07) is 0. The molecule has 22 heavy (non-hydrogen) atoms. The standard InChI is InChI=1S/C19H37NO2/c1-3-5-7-10-18(21)11-9-15-20-16-13-19(22,14-17-20)12-8-6-4-2/h22H,3-17H2,1-2H3. The van der Waals surface area contributed by atoms with E-state index in [0.717, 1.165) is 71.0 Å². The minimum absolute atomic E-state index is 0.415. The van der Waals surface area contributed by atoms with E-state index >= 15 is 0 Å². The van der Waals surface area contributed by atoms with Crippen LogP contribution in [0.2, 0.25) is 0 Å². The van der Waals surface area contributed by atoms with Crippen molar-refractivity contribution in [3.63, 3.8) is 0 Å². The lowest BCUT2D eigenvalue weighted by atomic mass is 9.86. The zero-order chi connectivity index (χ0) is 16.3. The molecule has 0 unspecified atom stereocenters. The first-order valence-electron chi connectivity index (χ1n) is 9.56. The molecule has 0 atom stereocenters. The van der Waals surface area contributed by atoms with Gasteiger partial charge in [-0.2, -0.15) is 0 Å². The normalized spacial score (nSPS) is 18.5. The summed E-state index contributed by atoms with van der Waals surface area (Å²) in [5.41, 5.74) is -0.415. The third kappa shape index (κ3) is 8.28. The Kier molecular flexibility index (Phi) is 9.98. The van der Waals surface area contributed by atoms with Crippen molar-refractivity contribution < 1.29 is 9.90 Å². The molecule has 1 fully saturated rings. The highest BCUT2D eigenvalue weighted by Gasteiger charge is 2.31. The number of likely N-dealkylation sites (tertiary alicyclic amines) is 1. The lowest BCUT2D eigenvalue weighted by molar-refractivity contribution is -0.119. The van der Waals surface area contributed by atoms with Gasteiger partial charge in [0.15, 0.2) is 0 Å². The Bertz CT molecular complexity index is 296. The van der Waals surface area contributed by atoms with Gasteiger partial charge in [0.25, 0.3) is 0 Å². The second kappa shape index (κ2) is 11.2. The van der Waals surface area contributed by atoms with Crippen LogP contribution in [0.15, 0.2) is 0 Å². The van der Waals surface area contributed by atoms with Crippen LogP contribution in [0.1, 0.15) is 90.9 Å². The molecule has 1 rings (SSSR count). The van der Waals surface area contributed by atoms with Crippen molar-refractivity contribution in [2.45, 2.75) is 96.5 Å². The monoisotopic (exact) mass is 311 g/mol. The number of piperidine rings is 1. The van der Waals surface area contributed by atoms with Crippen LogP contribution in [0.3, 0.4) is 0 Å². The fourth-order valence-electron chi connectivity index (χ4n) is 3.34. The minimum Gasteiger partial charge on any atom is -0.390 e. The van der Waals surface area contributed by atoms with E-state index in [1.807, 2.05) is 0 Å². The molecule has 0 aliphatic carbocycles. The van der Waals surface area contributed by atoms with E-state index in [0.29, 0.717) is 5.78 Å². The van der Waals surface area contributed by atoms with Gasteiger partial charge in [0.2, 0.25) is 0 Å². The van der Waals surface area contributed by atoms with Crippen molar-refractivity contribution in [3.05, 3.63) is 0 Å². The van der Waals surface area contributed by atoms with Gasteiger partial charge in [-0.05, 0) is 38.6 Å². The molecular formula is C19H37NO2. The van der Waals surface area contributed by atoms with Crippen LogP contribution in [0.5, 0.6) is 0 Å². The molecule has 3 heteroatoms. The average molecular weight is 312 g/mol. The van der Waals surface area contributed by atoms with Crippen molar-refractivity contribution in [2.75, 3.05) is 19.6 Å². The van der Waals surface area contributed by atoms with Crippen LogP contribution < -0.4 is 0 Å². The molecule has 0 amide bonds. The number of Topliss-reactive ketones (excluding diaryl/α,β-unsaturated/α-hetero) is 1. The Hall–Kier alpha value is -0.410. The second-order valence-corrected chi connectivity index (χ2v) is 7.12. The van der Waals surface area contributed by atoms with Crippen molar-refractivity contribution in [1.29, 1.82) is 0 Å². The highest BCUT2D eigenvalue weighted by atomic mass is 16.3. The van der Waals surface area contributed by atoms with Gasteiger partial charge in [0.05, 0.1) is 5.60 Å². The molecule has 1 aliphatic heterocycles. The maximum atomic E-state index is 11.8.